The lowest BCUT2D eigenvalue weighted by atomic mass is 10.2. The first-order valence-electron chi connectivity index (χ1n) is 6.50. The second-order valence-corrected chi connectivity index (χ2v) is 4.98. The molecule has 0 bridgehead atoms. The smallest absolute Gasteiger partial charge is 0.373 e. The second kappa shape index (κ2) is 6.96. The number of ether oxygens (including phenoxy) is 1. The van der Waals surface area contributed by atoms with Gasteiger partial charge in [0.05, 0.1) is 12.3 Å². The largest absolute Gasteiger partial charge is 0.450 e. The van der Waals surface area contributed by atoms with Crippen LogP contribution in [0.2, 0.25) is 0 Å². The Kier molecular flexibility index (Phi) is 5.57. The van der Waals surface area contributed by atoms with E-state index < -0.39 is 41.6 Å². The van der Waals surface area contributed by atoms with E-state index in [2.05, 4.69) is 4.84 Å². The fraction of sp³-hybridized carbons (Fsp3) is 0.615. The molecule has 1 heterocycles. The third kappa shape index (κ3) is 4.66. The van der Waals surface area contributed by atoms with Crippen molar-refractivity contribution in [2.45, 2.75) is 46.1 Å². The Morgan fingerprint density at radius 3 is 2.05 bits per heavy atom. The molecule has 1 aliphatic rings. The average molecular weight is 299 g/mol. The maximum Gasteiger partial charge on any atom is 0.373 e. The first kappa shape index (κ1) is 16.8. The summed E-state index contributed by atoms with van der Waals surface area (Å²) in [6.07, 6.45) is -1.95. The predicted octanol–water partition coefficient (Wildman–Crippen LogP) is 0.140. The number of hydrogen-bond acceptors (Lipinski definition) is 7. The Morgan fingerprint density at radius 2 is 1.62 bits per heavy atom. The van der Waals surface area contributed by atoms with Gasteiger partial charge >= 0.3 is 11.9 Å². The summed E-state index contributed by atoms with van der Waals surface area (Å²) < 4.78 is 4.88. The van der Waals surface area contributed by atoms with Gasteiger partial charge in [0.2, 0.25) is 6.10 Å². The number of hydroxylamine groups is 2. The number of nitrogens with zero attached hydrogens (tertiary/aromatic N) is 1. The highest BCUT2D eigenvalue weighted by Crippen LogP contribution is 2.15. The minimum Gasteiger partial charge on any atom is -0.450 e. The van der Waals surface area contributed by atoms with Gasteiger partial charge in [-0.2, -0.15) is 0 Å². The molecule has 0 saturated carbocycles. The van der Waals surface area contributed by atoms with E-state index >= 15 is 0 Å². The summed E-state index contributed by atoms with van der Waals surface area (Å²) in [5.41, 5.74) is 0. The quantitative estimate of drug-likeness (QED) is 0.507. The van der Waals surface area contributed by atoms with Crippen LogP contribution in [0.15, 0.2) is 0 Å². The molecule has 0 radical (unpaired) electrons. The summed E-state index contributed by atoms with van der Waals surface area (Å²) in [5, 5.41) is 0.346. The molecule has 8 heteroatoms. The number of esters is 1. The first-order chi connectivity index (χ1) is 9.72. The Balaban J connectivity index is 2.75. The van der Waals surface area contributed by atoms with E-state index in [1.54, 1.807) is 13.8 Å². The van der Waals surface area contributed by atoms with Crippen LogP contribution < -0.4 is 0 Å². The average Bonchev–Trinajstić information content (AvgIpc) is 2.68. The van der Waals surface area contributed by atoms with Crippen LogP contribution in [-0.2, 0) is 33.5 Å². The molecule has 1 fully saturated rings. The lowest BCUT2D eigenvalue weighted by molar-refractivity contribution is -0.206. The molecule has 0 aromatic heterocycles. The highest BCUT2D eigenvalue weighted by Gasteiger charge is 2.36. The first-order valence-corrected chi connectivity index (χ1v) is 6.50. The van der Waals surface area contributed by atoms with Crippen LogP contribution in [-0.4, -0.2) is 40.7 Å². The van der Waals surface area contributed by atoms with Crippen molar-refractivity contribution in [1.29, 1.82) is 0 Å². The van der Waals surface area contributed by atoms with Gasteiger partial charge in [-0.1, -0.05) is 13.8 Å². The summed E-state index contributed by atoms with van der Waals surface area (Å²) >= 11 is 0. The van der Waals surface area contributed by atoms with E-state index in [0.29, 0.717) is 5.06 Å². The summed E-state index contributed by atoms with van der Waals surface area (Å²) in [5.74, 6) is -4.00. The molecule has 1 rings (SSSR count). The zero-order chi connectivity index (χ0) is 16.2. The van der Waals surface area contributed by atoms with Crippen LogP contribution in [0.25, 0.3) is 0 Å². The molecule has 0 aliphatic carbocycles. The molecule has 1 aliphatic heterocycles. The number of amides is 2. The fourth-order valence-corrected chi connectivity index (χ4v) is 1.52. The molecule has 0 aromatic carbocycles. The van der Waals surface area contributed by atoms with Crippen LogP contribution in [0.3, 0.4) is 0 Å². The predicted molar refractivity (Wildman–Crippen MR) is 67.2 cm³/mol. The zero-order valence-corrected chi connectivity index (χ0v) is 12.1. The number of ketones is 1. The monoisotopic (exact) mass is 299 g/mol. The normalized spacial score (nSPS) is 16.1. The van der Waals surface area contributed by atoms with Gasteiger partial charge in [0, 0.05) is 12.8 Å². The van der Waals surface area contributed by atoms with Gasteiger partial charge in [0.25, 0.3) is 11.8 Å². The number of rotatable bonds is 6. The molecule has 0 spiro atoms. The summed E-state index contributed by atoms with van der Waals surface area (Å²) in [6.45, 7) is 4.34. The van der Waals surface area contributed by atoms with Crippen molar-refractivity contribution < 1.29 is 33.5 Å². The number of carbonyl (C=O) groups is 5. The maximum absolute atomic E-state index is 11.9. The molecule has 116 valence electrons. The van der Waals surface area contributed by atoms with E-state index in [4.69, 9.17) is 4.74 Å². The molecule has 8 nitrogen and oxygen atoms in total. The lowest BCUT2D eigenvalue weighted by Gasteiger charge is -2.19. The molecule has 1 atom stereocenters. The van der Waals surface area contributed by atoms with Crippen LogP contribution in [0.1, 0.15) is 40.0 Å². The van der Waals surface area contributed by atoms with E-state index in [9.17, 15) is 24.0 Å². The van der Waals surface area contributed by atoms with Crippen molar-refractivity contribution in [3.05, 3.63) is 0 Å². The fourth-order valence-electron chi connectivity index (χ4n) is 1.52. The van der Waals surface area contributed by atoms with E-state index in [1.807, 2.05) is 0 Å². The van der Waals surface area contributed by atoms with E-state index in [-0.39, 0.29) is 19.3 Å². The minimum absolute atomic E-state index is 0.0464. The van der Waals surface area contributed by atoms with Crippen molar-refractivity contribution in [2.24, 2.45) is 5.92 Å². The molecule has 1 saturated heterocycles. The molecular formula is C13H17NO7. The van der Waals surface area contributed by atoms with Gasteiger partial charge in [-0.25, -0.2) is 4.79 Å². The Morgan fingerprint density at radius 1 is 1.10 bits per heavy atom. The Labute approximate surface area is 121 Å². The van der Waals surface area contributed by atoms with Gasteiger partial charge in [0.1, 0.15) is 5.78 Å². The molecule has 0 N–H and O–H groups in total. The Hall–Kier alpha value is -2.25. The van der Waals surface area contributed by atoms with E-state index in [1.165, 1.54) is 6.92 Å². The van der Waals surface area contributed by atoms with Crippen molar-refractivity contribution in [1.82, 2.24) is 5.06 Å². The minimum atomic E-state index is -1.47. The van der Waals surface area contributed by atoms with Gasteiger partial charge < -0.3 is 9.57 Å². The molecule has 21 heavy (non-hydrogen) atoms. The number of imide groups is 1. The van der Waals surface area contributed by atoms with E-state index in [0.717, 1.165) is 0 Å². The number of carbonyl (C=O) groups excluding carboxylic acids is 5. The summed E-state index contributed by atoms with van der Waals surface area (Å²) in [4.78, 5) is 61.9. The molecular weight excluding hydrogens is 282 g/mol. The van der Waals surface area contributed by atoms with Crippen LogP contribution >= 0.6 is 0 Å². The highest BCUT2D eigenvalue weighted by molar-refractivity contribution is 6.02. The zero-order valence-electron chi connectivity index (χ0n) is 12.1. The third-order valence-corrected chi connectivity index (χ3v) is 2.65. The lowest BCUT2D eigenvalue weighted by Crippen LogP contribution is -2.39. The van der Waals surface area contributed by atoms with Crippen molar-refractivity contribution in [2.75, 3.05) is 0 Å². The Bertz CT molecular complexity index is 467. The SMILES string of the molecule is CC(=O)C[C@H](OC(=O)C(C)C)C(=O)ON1C(=O)CCC1=O. The highest BCUT2D eigenvalue weighted by atomic mass is 16.7. The van der Waals surface area contributed by atoms with Crippen LogP contribution in [0.4, 0.5) is 0 Å². The number of hydrogen-bond donors (Lipinski definition) is 0. The maximum atomic E-state index is 11.9. The van der Waals surface area contributed by atoms with Crippen LogP contribution in [0.5, 0.6) is 0 Å². The van der Waals surface area contributed by atoms with Gasteiger partial charge in [-0.15, -0.1) is 5.06 Å². The standard InChI is InChI=1S/C13H17NO7/c1-7(2)12(18)20-9(6-8(3)15)13(19)21-14-10(16)4-5-11(14)17/h7,9H,4-6H2,1-3H3/t9-/m0/s1. The van der Waals surface area contributed by atoms with Crippen LogP contribution in [0, 0.1) is 5.92 Å². The summed E-state index contributed by atoms with van der Waals surface area (Å²) in [6, 6.07) is 0. The van der Waals surface area contributed by atoms with Gasteiger partial charge in [0.15, 0.2) is 0 Å². The second-order valence-electron chi connectivity index (χ2n) is 4.98. The summed E-state index contributed by atoms with van der Waals surface area (Å²) in [7, 11) is 0. The molecule has 2 amide bonds. The van der Waals surface area contributed by atoms with Crippen molar-refractivity contribution in [3.63, 3.8) is 0 Å². The third-order valence-electron chi connectivity index (χ3n) is 2.65. The molecule has 0 aromatic rings. The molecule has 0 unspecified atom stereocenters. The topological polar surface area (TPSA) is 107 Å². The number of Topliss-reactive ketones (excluding diaryl/α,β-unsaturated/α-hetero) is 1. The van der Waals surface area contributed by atoms with Crippen molar-refractivity contribution >= 4 is 29.5 Å². The van der Waals surface area contributed by atoms with Crippen molar-refractivity contribution in [3.8, 4) is 0 Å². The van der Waals surface area contributed by atoms with Gasteiger partial charge in [-0.3, -0.25) is 19.2 Å². The van der Waals surface area contributed by atoms with Gasteiger partial charge in [-0.05, 0) is 6.92 Å².